The van der Waals surface area contributed by atoms with Crippen LogP contribution in [0.5, 0.6) is 5.75 Å². The fraction of sp³-hybridized carbons (Fsp3) is 0. The molecule has 0 amide bonds. The van der Waals surface area contributed by atoms with Crippen LogP contribution in [0.2, 0.25) is 0 Å². The maximum Gasteiger partial charge on any atom is 1.00 e. The number of hydrogen-bond acceptors (Lipinski definition) is 1. The van der Waals surface area contributed by atoms with Crippen molar-refractivity contribution in [2.24, 2.45) is 0 Å². The van der Waals surface area contributed by atoms with Crippen LogP contribution in [0, 0.1) is 0 Å². The molecule has 0 heterocycles. The van der Waals surface area contributed by atoms with Gasteiger partial charge in [0.25, 0.3) is 0 Å². The zero-order chi connectivity index (χ0) is 5.98. The molecule has 0 aromatic heterocycles. The molecule has 1 aromatic rings. The van der Waals surface area contributed by atoms with Crippen molar-refractivity contribution < 1.29 is 34.7 Å². The van der Waals surface area contributed by atoms with Crippen LogP contribution in [0.15, 0.2) is 28.7 Å². The van der Waals surface area contributed by atoms with Gasteiger partial charge in [0.1, 0.15) is 0 Å². The van der Waals surface area contributed by atoms with Gasteiger partial charge >= 0.3 is 29.6 Å². The van der Waals surface area contributed by atoms with Crippen molar-refractivity contribution in [3.8, 4) is 5.75 Å². The van der Waals surface area contributed by atoms with Crippen LogP contribution in [-0.4, -0.2) is 0 Å². The van der Waals surface area contributed by atoms with Gasteiger partial charge in [-0.1, -0.05) is 28.1 Å². The third kappa shape index (κ3) is 3.26. The summed E-state index contributed by atoms with van der Waals surface area (Å²) in [6.07, 6.45) is 0. The maximum atomic E-state index is 10.4. The molecule has 1 nitrogen and oxygen atoms in total. The zero-order valence-electron chi connectivity index (χ0n) is 5.10. The fourth-order valence-electron chi connectivity index (χ4n) is 0.435. The standard InChI is InChI=1S/C6H5BrO.Na/c7-5-1-3-6(8)4-2-5;/h1-4,8H;/q;+1/p-1. The van der Waals surface area contributed by atoms with Crippen molar-refractivity contribution in [1.29, 1.82) is 0 Å². The first kappa shape index (κ1) is 9.50. The Balaban J connectivity index is 0.000000640. The molecule has 3 heteroatoms. The third-order valence-corrected chi connectivity index (χ3v) is 1.34. The van der Waals surface area contributed by atoms with Crippen LogP contribution in [-0.2, 0) is 0 Å². The topological polar surface area (TPSA) is 23.1 Å². The molecule has 0 saturated heterocycles. The molecule has 0 saturated carbocycles. The Bertz CT molecular complexity index is 152. The quantitative estimate of drug-likeness (QED) is 0.463. The molecule has 0 radical (unpaired) electrons. The van der Waals surface area contributed by atoms with Crippen LogP contribution in [0.4, 0.5) is 0 Å². The average Bonchev–Trinajstić information content (AvgIpc) is 1.77. The Morgan fingerprint density at radius 3 is 1.89 bits per heavy atom. The molecule has 9 heavy (non-hydrogen) atoms. The van der Waals surface area contributed by atoms with E-state index in [4.69, 9.17) is 0 Å². The second kappa shape index (κ2) is 4.34. The van der Waals surface area contributed by atoms with Crippen LogP contribution in [0.25, 0.3) is 0 Å². The van der Waals surface area contributed by atoms with E-state index in [0.717, 1.165) is 4.47 Å². The molecule has 0 fully saturated rings. The first-order valence-electron chi connectivity index (χ1n) is 2.21. The summed E-state index contributed by atoms with van der Waals surface area (Å²) in [5.74, 6) is 0.0493. The Hall–Kier alpha value is 0.500. The van der Waals surface area contributed by atoms with Gasteiger partial charge in [0.05, 0.1) is 0 Å². The first-order chi connectivity index (χ1) is 3.79. The zero-order valence-corrected chi connectivity index (χ0v) is 8.68. The molecule has 0 spiro atoms. The Morgan fingerprint density at radius 2 is 1.56 bits per heavy atom. The minimum Gasteiger partial charge on any atom is -0.872 e. The summed E-state index contributed by atoms with van der Waals surface area (Å²) >= 11 is 3.21. The van der Waals surface area contributed by atoms with Crippen molar-refractivity contribution in [3.63, 3.8) is 0 Å². The van der Waals surface area contributed by atoms with Gasteiger partial charge in [-0.05, 0) is 12.1 Å². The summed E-state index contributed by atoms with van der Waals surface area (Å²) < 4.78 is 0.942. The molecule has 0 atom stereocenters. The van der Waals surface area contributed by atoms with Crippen LogP contribution in [0.3, 0.4) is 0 Å². The van der Waals surface area contributed by atoms with E-state index in [0.29, 0.717) is 0 Å². The van der Waals surface area contributed by atoms with Gasteiger partial charge in [-0.25, -0.2) is 0 Å². The summed E-state index contributed by atoms with van der Waals surface area (Å²) in [7, 11) is 0. The van der Waals surface area contributed by atoms with E-state index in [9.17, 15) is 5.11 Å². The largest absolute Gasteiger partial charge is 1.00 e. The summed E-state index contributed by atoms with van der Waals surface area (Å²) in [5, 5.41) is 10.4. The van der Waals surface area contributed by atoms with E-state index in [1.54, 1.807) is 12.1 Å². The van der Waals surface area contributed by atoms with Crippen molar-refractivity contribution in [2.75, 3.05) is 0 Å². The number of benzene rings is 1. The summed E-state index contributed by atoms with van der Waals surface area (Å²) in [4.78, 5) is 0. The van der Waals surface area contributed by atoms with Crippen molar-refractivity contribution in [3.05, 3.63) is 28.7 Å². The molecule has 1 rings (SSSR count). The van der Waals surface area contributed by atoms with E-state index in [1.807, 2.05) is 0 Å². The SMILES string of the molecule is [Na+].[O-]c1ccc(Br)cc1. The predicted octanol–water partition coefficient (Wildman–Crippen LogP) is -1.47. The van der Waals surface area contributed by atoms with Gasteiger partial charge in [0.15, 0.2) is 0 Å². The van der Waals surface area contributed by atoms with Crippen LogP contribution < -0.4 is 34.7 Å². The van der Waals surface area contributed by atoms with Gasteiger partial charge < -0.3 is 5.11 Å². The molecular weight excluding hydrogens is 191 g/mol. The van der Waals surface area contributed by atoms with E-state index in [-0.39, 0.29) is 35.3 Å². The number of hydrogen-bond donors (Lipinski definition) is 0. The second-order valence-electron chi connectivity index (χ2n) is 1.45. The number of halogens is 1. The van der Waals surface area contributed by atoms with E-state index in [1.165, 1.54) is 12.1 Å². The third-order valence-electron chi connectivity index (χ3n) is 0.814. The van der Waals surface area contributed by atoms with E-state index in [2.05, 4.69) is 15.9 Å². The molecule has 0 aliphatic carbocycles. The summed E-state index contributed by atoms with van der Waals surface area (Å²) in [6, 6.07) is 6.48. The first-order valence-corrected chi connectivity index (χ1v) is 3.01. The molecule has 0 unspecified atom stereocenters. The Kier molecular flexibility index (Phi) is 4.58. The van der Waals surface area contributed by atoms with Crippen molar-refractivity contribution in [1.82, 2.24) is 0 Å². The molecule has 42 valence electrons. The molecule has 1 aromatic carbocycles. The van der Waals surface area contributed by atoms with Gasteiger partial charge in [-0.15, -0.1) is 5.75 Å². The van der Waals surface area contributed by atoms with E-state index < -0.39 is 0 Å². The van der Waals surface area contributed by atoms with Crippen molar-refractivity contribution >= 4 is 15.9 Å². The molecule has 0 N–H and O–H groups in total. The molecule has 0 bridgehead atoms. The monoisotopic (exact) mass is 194 g/mol. The maximum absolute atomic E-state index is 10.4. The van der Waals surface area contributed by atoms with Gasteiger partial charge in [-0.3, -0.25) is 0 Å². The average molecular weight is 195 g/mol. The molecule has 0 aliphatic rings. The van der Waals surface area contributed by atoms with Gasteiger partial charge in [0.2, 0.25) is 0 Å². The Labute approximate surface area is 84.5 Å². The van der Waals surface area contributed by atoms with Gasteiger partial charge in [0, 0.05) is 4.47 Å². The van der Waals surface area contributed by atoms with Gasteiger partial charge in [-0.2, -0.15) is 0 Å². The summed E-state index contributed by atoms with van der Waals surface area (Å²) in [5.41, 5.74) is 0. The second-order valence-corrected chi connectivity index (χ2v) is 2.37. The van der Waals surface area contributed by atoms with Crippen molar-refractivity contribution in [2.45, 2.75) is 0 Å². The normalized spacial score (nSPS) is 8.11. The predicted molar refractivity (Wildman–Crippen MR) is 33.6 cm³/mol. The molecule has 0 aliphatic heterocycles. The van der Waals surface area contributed by atoms with Crippen LogP contribution in [0.1, 0.15) is 0 Å². The number of rotatable bonds is 0. The summed E-state index contributed by atoms with van der Waals surface area (Å²) in [6.45, 7) is 0. The minimum atomic E-state index is 0. The minimum absolute atomic E-state index is 0. The fourth-order valence-corrected chi connectivity index (χ4v) is 0.699. The molecular formula is C6H4BrNaO. The smallest absolute Gasteiger partial charge is 0.872 e. The van der Waals surface area contributed by atoms with E-state index >= 15 is 0 Å². The Morgan fingerprint density at radius 1 is 1.11 bits per heavy atom. The van der Waals surface area contributed by atoms with Crippen LogP contribution >= 0.6 is 15.9 Å².